The molecule has 1 heterocycles. The van der Waals surface area contributed by atoms with E-state index in [1.54, 1.807) is 26.2 Å². The minimum Gasteiger partial charge on any atom is -0.463 e. The molecule has 1 aromatic rings. The van der Waals surface area contributed by atoms with Crippen LogP contribution in [0.2, 0.25) is 0 Å². The van der Waals surface area contributed by atoms with E-state index in [1.165, 1.54) is 12.2 Å². The minimum absolute atomic E-state index is 0.200. The number of hydrogen-bond donors (Lipinski definition) is 1. The molecule has 0 aliphatic rings. The summed E-state index contributed by atoms with van der Waals surface area (Å²) in [6.45, 7) is 3.47. The number of aromatic amines is 1. The number of ether oxygens (including phenoxy) is 1. The van der Waals surface area contributed by atoms with Crippen LogP contribution >= 0.6 is 0 Å². The average molecular weight is 222 g/mol. The fourth-order valence-corrected chi connectivity index (χ4v) is 1.05. The molecule has 0 spiro atoms. The molecule has 16 heavy (non-hydrogen) atoms. The second kappa shape index (κ2) is 5.85. The number of aromatic nitrogens is 2. The molecule has 86 valence electrons. The zero-order valence-electron chi connectivity index (χ0n) is 9.27. The fourth-order valence-electron chi connectivity index (χ4n) is 1.05. The van der Waals surface area contributed by atoms with Crippen molar-refractivity contribution in [1.82, 2.24) is 9.97 Å². The zero-order chi connectivity index (χ0) is 12.0. The largest absolute Gasteiger partial charge is 0.463 e. The van der Waals surface area contributed by atoms with Gasteiger partial charge in [0.2, 0.25) is 0 Å². The van der Waals surface area contributed by atoms with Gasteiger partial charge >= 0.3 is 5.97 Å². The fraction of sp³-hybridized carbons (Fsp3) is 0.364. The highest BCUT2D eigenvalue weighted by Crippen LogP contribution is 1.98. The molecule has 0 radical (unpaired) electrons. The van der Waals surface area contributed by atoms with E-state index in [-0.39, 0.29) is 18.3 Å². The number of rotatable bonds is 5. The molecule has 0 saturated heterocycles. The molecule has 1 N–H and O–H groups in total. The third-order valence-electron chi connectivity index (χ3n) is 1.63. The van der Waals surface area contributed by atoms with Gasteiger partial charge in [0.25, 0.3) is 0 Å². The normalized spacial score (nSPS) is 10.9. The number of imidazole rings is 1. The summed E-state index contributed by atoms with van der Waals surface area (Å²) in [5.41, 5.74) is 0. The lowest BCUT2D eigenvalue weighted by Crippen LogP contribution is -2.14. The SMILES string of the molecule is CC(C)OC(=O)CC(=O)C=Cc1ncc[nH]1. The number of esters is 1. The van der Waals surface area contributed by atoms with Crippen LogP contribution in [0.4, 0.5) is 0 Å². The molecule has 0 aliphatic heterocycles. The van der Waals surface area contributed by atoms with Gasteiger partial charge in [-0.25, -0.2) is 4.98 Å². The van der Waals surface area contributed by atoms with Crippen molar-refractivity contribution in [3.8, 4) is 0 Å². The summed E-state index contributed by atoms with van der Waals surface area (Å²) in [6, 6.07) is 0. The van der Waals surface area contributed by atoms with Gasteiger partial charge in [-0.2, -0.15) is 0 Å². The molecule has 0 bridgehead atoms. The van der Waals surface area contributed by atoms with Crippen LogP contribution in [-0.2, 0) is 14.3 Å². The Bertz CT molecular complexity index is 380. The van der Waals surface area contributed by atoms with Crippen molar-refractivity contribution in [1.29, 1.82) is 0 Å². The molecule has 1 rings (SSSR count). The van der Waals surface area contributed by atoms with Crippen LogP contribution in [0.15, 0.2) is 18.5 Å². The first kappa shape index (κ1) is 12.2. The summed E-state index contributed by atoms with van der Waals surface area (Å²) in [6.07, 6.45) is 5.61. The number of nitrogens with one attached hydrogen (secondary N) is 1. The van der Waals surface area contributed by atoms with E-state index in [0.717, 1.165) is 0 Å². The molecule has 0 aromatic carbocycles. The van der Waals surface area contributed by atoms with Crippen molar-refractivity contribution >= 4 is 17.8 Å². The summed E-state index contributed by atoms with van der Waals surface area (Å²) in [5.74, 6) is -0.239. The van der Waals surface area contributed by atoms with Gasteiger partial charge in [0, 0.05) is 12.4 Å². The maximum atomic E-state index is 11.3. The first-order valence-electron chi connectivity index (χ1n) is 4.97. The van der Waals surface area contributed by atoms with Crippen LogP contribution in [0.25, 0.3) is 6.08 Å². The topological polar surface area (TPSA) is 72.1 Å². The first-order chi connectivity index (χ1) is 7.58. The van der Waals surface area contributed by atoms with Crippen LogP contribution in [0.5, 0.6) is 0 Å². The highest BCUT2D eigenvalue weighted by atomic mass is 16.5. The predicted octanol–water partition coefficient (Wildman–Crippen LogP) is 1.33. The van der Waals surface area contributed by atoms with Crippen molar-refractivity contribution in [2.24, 2.45) is 0 Å². The van der Waals surface area contributed by atoms with Gasteiger partial charge in [0.05, 0.1) is 6.10 Å². The Balaban J connectivity index is 2.39. The van der Waals surface area contributed by atoms with E-state index in [9.17, 15) is 9.59 Å². The van der Waals surface area contributed by atoms with Gasteiger partial charge in [-0.05, 0) is 26.0 Å². The van der Waals surface area contributed by atoms with E-state index in [2.05, 4.69) is 9.97 Å². The van der Waals surface area contributed by atoms with E-state index in [1.807, 2.05) is 0 Å². The van der Waals surface area contributed by atoms with Crippen molar-refractivity contribution in [3.05, 3.63) is 24.3 Å². The number of nitrogens with zero attached hydrogens (tertiary/aromatic N) is 1. The Morgan fingerprint density at radius 1 is 1.56 bits per heavy atom. The molecule has 0 atom stereocenters. The smallest absolute Gasteiger partial charge is 0.313 e. The second-order valence-corrected chi connectivity index (χ2v) is 3.49. The number of H-pyrrole nitrogens is 1. The van der Waals surface area contributed by atoms with E-state index < -0.39 is 5.97 Å². The van der Waals surface area contributed by atoms with Crippen molar-refractivity contribution in [2.45, 2.75) is 26.4 Å². The van der Waals surface area contributed by atoms with E-state index in [4.69, 9.17) is 4.74 Å². The lowest BCUT2D eigenvalue weighted by molar-refractivity contribution is -0.148. The van der Waals surface area contributed by atoms with Crippen molar-refractivity contribution < 1.29 is 14.3 Å². The van der Waals surface area contributed by atoms with Crippen LogP contribution < -0.4 is 0 Å². The maximum Gasteiger partial charge on any atom is 0.313 e. The van der Waals surface area contributed by atoms with Gasteiger partial charge in [-0.3, -0.25) is 9.59 Å². The Morgan fingerprint density at radius 2 is 2.31 bits per heavy atom. The second-order valence-electron chi connectivity index (χ2n) is 3.49. The highest BCUT2D eigenvalue weighted by molar-refractivity contribution is 6.03. The molecule has 1 aromatic heterocycles. The van der Waals surface area contributed by atoms with Crippen LogP contribution in [0, 0.1) is 0 Å². The Kier molecular flexibility index (Phi) is 4.44. The van der Waals surface area contributed by atoms with Gasteiger partial charge in [-0.15, -0.1) is 0 Å². The number of hydrogen-bond acceptors (Lipinski definition) is 4. The number of allylic oxidation sites excluding steroid dienone is 1. The van der Waals surface area contributed by atoms with Gasteiger partial charge in [0.1, 0.15) is 12.2 Å². The lowest BCUT2D eigenvalue weighted by atomic mass is 10.2. The summed E-state index contributed by atoms with van der Waals surface area (Å²) in [5, 5.41) is 0. The Morgan fingerprint density at radius 3 is 2.88 bits per heavy atom. The van der Waals surface area contributed by atoms with Gasteiger partial charge in [-0.1, -0.05) is 0 Å². The number of carbonyl (C=O) groups excluding carboxylic acids is 2. The van der Waals surface area contributed by atoms with E-state index in [0.29, 0.717) is 5.82 Å². The van der Waals surface area contributed by atoms with Crippen LogP contribution in [0.3, 0.4) is 0 Å². The van der Waals surface area contributed by atoms with Crippen LogP contribution in [0.1, 0.15) is 26.1 Å². The number of ketones is 1. The van der Waals surface area contributed by atoms with Gasteiger partial charge in [0.15, 0.2) is 5.78 Å². The standard InChI is InChI=1S/C11H14N2O3/c1-8(2)16-11(15)7-9(14)3-4-10-12-5-6-13-10/h3-6,8H,7H2,1-2H3,(H,12,13). The molecule has 0 saturated carbocycles. The predicted molar refractivity (Wildman–Crippen MR) is 58.5 cm³/mol. The maximum absolute atomic E-state index is 11.3. The molecule has 5 nitrogen and oxygen atoms in total. The van der Waals surface area contributed by atoms with Crippen LogP contribution in [-0.4, -0.2) is 27.8 Å². The monoisotopic (exact) mass is 222 g/mol. The average Bonchev–Trinajstić information content (AvgIpc) is 2.65. The Labute approximate surface area is 93.5 Å². The summed E-state index contributed by atoms with van der Waals surface area (Å²) >= 11 is 0. The molecule has 0 aliphatic carbocycles. The molecular weight excluding hydrogens is 208 g/mol. The molecular formula is C11H14N2O3. The van der Waals surface area contributed by atoms with E-state index >= 15 is 0 Å². The summed E-state index contributed by atoms with van der Waals surface area (Å²) in [7, 11) is 0. The molecule has 0 fully saturated rings. The zero-order valence-corrected chi connectivity index (χ0v) is 9.27. The quantitative estimate of drug-likeness (QED) is 0.463. The third-order valence-corrected chi connectivity index (χ3v) is 1.63. The van der Waals surface area contributed by atoms with Crippen molar-refractivity contribution in [3.63, 3.8) is 0 Å². The molecule has 5 heteroatoms. The van der Waals surface area contributed by atoms with Gasteiger partial charge < -0.3 is 9.72 Å². The minimum atomic E-state index is -0.510. The number of carbonyl (C=O) groups is 2. The summed E-state index contributed by atoms with van der Waals surface area (Å²) < 4.78 is 4.84. The first-order valence-corrected chi connectivity index (χ1v) is 4.97. The lowest BCUT2D eigenvalue weighted by Gasteiger charge is -2.05. The molecule has 0 unspecified atom stereocenters. The third kappa shape index (κ3) is 4.54. The molecule has 0 amide bonds. The Hall–Kier alpha value is -1.91. The highest BCUT2D eigenvalue weighted by Gasteiger charge is 2.09. The summed E-state index contributed by atoms with van der Waals surface area (Å²) in [4.78, 5) is 29.1. The van der Waals surface area contributed by atoms with Crippen molar-refractivity contribution in [2.75, 3.05) is 0 Å².